The van der Waals surface area contributed by atoms with Gasteiger partial charge in [-0.1, -0.05) is 29.3 Å². The van der Waals surface area contributed by atoms with Gasteiger partial charge >= 0.3 is 0 Å². The number of hydrogen-bond donors (Lipinski definition) is 2. The first-order valence-corrected chi connectivity index (χ1v) is 12.8. The summed E-state index contributed by atoms with van der Waals surface area (Å²) in [7, 11) is 0. The van der Waals surface area contributed by atoms with Gasteiger partial charge in [0.05, 0.1) is 4.88 Å². The molecule has 0 bridgehead atoms. The smallest absolute Gasteiger partial charge is 0.273 e. The van der Waals surface area contributed by atoms with E-state index in [1.54, 1.807) is 9.80 Å². The molecule has 32 heavy (non-hydrogen) atoms. The number of carbonyl (C=O) groups excluding carboxylic acids is 3. The van der Waals surface area contributed by atoms with E-state index in [-0.39, 0.29) is 26.9 Å². The van der Waals surface area contributed by atoms with Gasteiger partial charge in [-0.15, -0.1) is 11.3 Å². The molecule has 2 saturated heterocycles. The fraction of sp³-hybridized carbons (Fsp3) is 0.500. The van der Waals surface area contributed by atoms with Gasteiger partial charge in [0.2, 0.25) is 5.91 Å². The van der Waals surface area contributed by atoms with Crippen LogP contribution in [0.15, 0.2) is 17.5 Å². The van der Waals surface area contributed by atoms with Crippen molar-refractivity contribution in [3.8, 4) is 0 Å². The molecule has 4 rings (SSSR count). The van der Waals surface area contributed by atoms with E-state index in [2.05, 4.69) is 15.0 Å². The van der Waals surface area contributed by atoms with E-state index in [1.165, 1.54) is 11.3 Å². The molecule has 0 spiro atoms. The minimum Gasteiger partial charge on any atom is -0.339 e. The largest absolute Gasteiger partial charge is 0.339 e. The number of piperidine rings is 1. The Morgan fingerprint density at radius 3 is 2.47 bits per heavy atom. The van der Waals surface area contributed by atoms with Crippen molar-refractivity contribution >= 4 is 63.8 Å². The van der Waals surface area contributed by atoms with Crippen LogP contribution in [0.3, 0.4) is 0 Å². The van der Waals surface area contributed by atoms with Crippen LogP contribution < -0.4 is 10.6 Å². The minimum atomic E-state index is -1.05. The summed E-state index contributed by atoms with van der Waals surface area (Å²) >= 11 is 14.4. The van der Waals surface area contributed by atoms with Crippen molar-refractivity contribution < 1.29 is 14.4 Å². The molecule has 2 fully saturated rings. The zero-order valence-corrected chi connectivity index (χ0v) is 20.4. The summed E-state index contributed by atoms with van der Waals surface area (Å²) in [4.78, 5) is 43.6. The molecule has 2 N–H and O–H groups in total. The molecule has 0 unspecified atom stereocenters. The van der Waals surface area contributed by atoms with E-state index in [4.69, 9.17) is 23.2 Å². The first-order chi connectivity index (χ1) is 15.4. The van der Waals surface area contributed by atoms with Gasteiger partial charge in [-0.3, -0.25) is 14.4 Å². The number of nitrogens with one attached hydrogen (secondary N) is 2. The molecule has 0 radical (unpaired) electrons. The highest BCUT2D eigenvalue weighted by molar-refractivity contribution is 7.12. The van der Waals surface area contributed by atoms with Gasteiger partial charge in [0, 0.05) is 26.2 Å². The van der Waals surface area contributed by atoms with Crippen molar-refractivity contribution in [3.63, 3.8) is 0 Å². The number of thiophene rings is 1. The third-order valence-corrected chi connectivity index (χ3v) is 8.30. The fourth-order valence-corrected chi connectivity index (χ4v) is 5.79. The van der Waals surface area contributed by atoms with Gasteiger partial charge in [0.15, 0.2) is 5.69 Å². The van der Waals surface area contributed by atoms with E-state index in [1.807, 2.05) is 17.5 Å². The van der Waals surface area contributed by atoms with E-state index in [9.17, 15) is 14.4 Å². The molecule has 8 nitrogen and oxygen atoms in total. The molecular formula is C20H23Cl2N5O3S2. The van der Waals surface area contributed by atoms with Crippen molar-refractivity contribution in [1.29, 1.82) is 0 Å². The summed E-state index contributed by atoms with van der Waals surface area (Å²) in [5.41, 5.74) is -1.01. The Bertz CT molecular complexity index is 992. The first kappa shape index (κ1) is 23.4. The molecule has 4 heterocycles. The van der Waals surface area contributed by atoms with Gasteiger partial charge in [-0.25, -0.2) is 0 Å². The molecule has 0 saturated carbocycles. The standard InChI is InChI=1S/C20H23Cl2N5O3S2/c21-14-15(25-32-16(14)22)17(28)24-20(4-6-23-7-5-20)19(30)27-9-2-8-26(10-11-27)18(29)13-3-1-12-31-13/h1,3,12,23H,2,4-11H2,(H,24,28). The second kappa shape index (κ2) is 10.0. The number of hydrogen-bond acceptors (Lipinski definition) is 7. The number of halogens is 2. The number of amides is 3. The zero-order chi connectivity index (χ0) is 22.7. The molecule has 2 aliphatic heterocycles. The second-order valence-corrected chi connectivity index (χ2v) is 10.5. The van der Waals surface area contributed by atoms with E-state index in [0.29, 0.717) is 63.4 Å². The lowest BCUT2D eigenvalue weighted by Gasteiger charge is -2.40. The highest BCUT2D eigenvalue weighted by Crippen LogP contribution is 2.31. The highest BCUT2D eigenvalue weighted by atomic mass is 35.5. The van der Waals surface area contributed by atoms with Crippen LogP contribution in [-0.4, -0.2) is 76.7 Å². The van der Waals surface area contributed by atoms with Crippen LogP contribution in [0.2, 0.25) is 9.36 Å². The number of carbonyl (C=O) groups is 3. The van der Waals surface area contributed by atoms with Gasteiger partial charge in [-0.05, 0) is 55.3 Å². The van der Waals surface area contributed by atoms with Gasteiger partial charge in [0.1, 0.15) is 14.9 Å². The third kappa shape index (κ3) is 4.79. The summed E-state index contributed by atoms with van der Waals surface area (Å²) in [5, 5.41) is 8.15. The van der Waals surface area contributed by atoms with E-state index in [0.717, 1.165) is 11.5 Å². The lowest BCUT2D eigenvalue weighted by molar-refractivity contribution is -0.139. The average molecular weight is 516 g/mol. The summed E-state index contributed by atoms with van der Waals surface area (Å²) in [6.07, 6.45) is 1.60. The Morgan fingerprint density at radius 1 is 1.09 bits per heavy atom. The van der Waals surface area contributed by atoms with Crippen molar-refractivity contribution in [2.24, 2.45) is 0 Å². The summed E-state index contributed by atoms with van der Waals surface area (Å²) in [5.74, 6) is -0.637. The Kier molecular flexibility index (Phi) is 7.36. The van der Waals surface area contributed by atoms with Crippen molar-refractivity contribution in [2.45, 2.75) is 24.8 Å². The zero-order valence-electron chi connectivity index (χ0n) is 17.2. The van der Waals surface area contributed by atoms with Crippen LogP contribution in [-0.2, 0) is 4.79 Å². The SMILES string of the molecule is O=C(NC1(C(=O)N2CCCN(C(=O)c3cccs3)CC2)CCNCC1)c1nsc(Cl)c1Cl. The van der Waals surface area contributed by atoms with Crippen LogP contribution in [0.1, 0.15) is 39.4 Å². The quantitative estimate of drug-likeness (QED) is 0.652. The van der Waals surface area contributed by atoms with Crippen LogP contribution in [0, 0.1) is 0 Å². The lowest BCUT2D eigenvalue weighted by Crippen LogP contribution is -2.63. The molecule has 3 amide bonds. The molecule has 0 aliphatic carbocycles. The van der Waals surface area contributed by atoms with Crippen LogP contribution in [0.25, 0.3) is 0 Å². The molecule has 172 valence electrons. The molecule has 2 aliphatic rings. The van der Waals surface area contributed by atoms with Crippen LogP contribution >= 0.6 is 46.1 Å². The van der Waals surface area contributed by atoms with Gasteiger partial charge < -0.3 is 20.4 Å². The monoisotopic (exact) mass is 515 g/mol. The number of aromatic nitrogens is 1. The average Bonchev–Trinajstić information content (AvgIpc) is 3.37. The molecule has 12 heteroatoms. The normalized spacial score (nSPS) is 18.8. The summed E-state index contributed by atoms with van der Waals surface area (Å²) in [6, 6.07) is 3.67. The van der Waals surface area contributed by atoms with Crippen molar-refractivity contribution in [2.75, 3.05) is 39.3 Å². The predicted molar refractivity (Wildman–Crippen MR) is 126 cm³/mol. The third-order valence-electron chi connectivity index (χ3n) is 5.83. The molecule has 2 aromatic rings. The minimum absolute atomic E-state index is 0.00534. The Morgan fingerprint density at radius 2 is 1.81 bits per heavy atom. The van der Waals surface area contributed by atoms with Gasteiger partial charge in [-0.2, -0.15) is 4.37 Å². The van der Waals surface area contributed by atoms with Crippen molar-refractivity contribution in [3.05, 3.63) is 37.4 Å². The van der Waals surface area contributed by atoms with Crippen LogP contribution in [0.4, 0.5) is 0 Å². The lowest BCUT2D eigenvalue weighted by atomic mass is 9.86. The molecule has 0 aromatic carbocycles. The highest BCUT2D eigenvalue weighted by Gasteiger charge is 2.44. The molecule has 0 atom stereocenters. The maximum absolute atomic E-state index is 13.7. The van der Waals surface area contributed by atoms with Crippen LogP contribution in [0.5, 0.6) is 0 Å². The first-order valence-electron chi connectivity index (χ1n) is 10.4. The van der Waals surface area contributed by atoms with Gasteiger partial charge in [0.25, 0.3) is 11.8 Å². The second-order valence-electron chi connectivity index (χ2n) is 7.82. The molecular weight excluding hydrogens is 493 g/mol. The predicted octanol–water partition coefficient (Wildman–Crippen LogP) is 2.74. The Labute approximate surface area is 204 Å². The Hall–Kier alpha value is -1.72. The topological polar surface area (TPSA) is 94.6 Å². The Balaban J connectivity index is 1.48. The number of rotatable bonds is 4. The summed E-state index contributed by atoms with van der Waals surface area (Å²) in [6.45, 7) is 3.21. The summed E-state index contributed by atoms with van der Waals surface area (Å²) < 4.78 is 4.28. The van der Waals surface area contributed by atoms with E-state index >= 15 is 0 Å². The van der Waals surface area contributed by atoms with Crippen molar-refractivity contribution in [1.82, 2.24) is 24.8 Å². The fourth-order valence-electron chi connectivity index (χ4n) is 4.10. The maximum Gasteiger partial charge on any atom is 0.273 e. The maximum atomic E-state index is 13.7. The number of nitrogens with zero attached hydrogens (tertiary/aromatic N) is 3. The molecule has 2 aromatic heterocycles. The van der Waals surface area contributed by atoms with E-state index < -0.39 is 11.4 Å².